The molecule has 0 saturated carbocycles. The monoisotopic (exact) mass is 262 g/mol. The topological polar surface area (TPSA) is 135 Å². The molecule has 1 aromatic rings. The van der Waals surface area contributed by atoms with Gasteiger partial charge in [-0.2, -0.15) is 4.90 Å². The zero-order valence-electron chi connectivity index (χ0n) is 9.41. The Labute approximate surface area is 105 Å². The number of aromatic amines is 2. The summed E-state index contributed by atoms with van der Waals surface area (Å²) in [6.45, 7) is 0. The van der Waals surface area contributed by atoms with E-state index in [9.17, 15) is 25.1 Å². The quantitative estimate of drug-likeness (QED) is 0.472. The number of nitrogens with zero attached hydrogens (tertiary/aromatic N) is 1. The molecule has 8 nitrogen and oxygen atoms in total. The number of H-pyrrole nitrogens is 2. The van der Waals surface area contributed by atoms with Crippen LogP contribution in [0.5, 0.6) is 5.88 Å². The van der Waals surface area contributed by atoms with Gasteiger partial charge in [0.25, 0.3) is 5.56 Å². The maximum atomic E-state index is 11.5. The lowest BCUT2D eigenvalue weighted by Crippen LogP contribution is -2.23. The Hall–Kier alpha value is -3.03. The molecule has 0 radical (unpaired) electrons. The lowest BCUT2D eigenvalue weighted by atomic mass is 10.1. The third-order valence-corrected chi connectivity index (χ3v) is 2.37. The third-order valence-electron chi connectivity index (χ3n) is 2.37. The highest BCUT2D eigenvalue weighted by atomic mass is 16.8. The molecule has 19 heavy (non-hydrogen) atoms. The van der Waals surface area contributed by atoms with Crippen LogP contribution in [0.4, 0.5) is 0 Å². The van der Waals surface area contributed by atoms with Crippen molar-refractivity contribution in [2.45, 2.75) is 0 Å². The minimum Gasteiger partial charge on any atom is -0.612 e. The molecule has 0 spiro atoms. The van der Waals surface area contributed by atoms with Crippen LogP contribution in [0, 0.1) is 10.4 Å². The van der Waals surface area contributed by atoms with E-state index in [4.69, 9.17) is 0 Å². The van der Waals surface area contributed by atoms with E-state index in [1.54, 1.807) is 0 Å². The zero-order valence-corrected chi connectivity index (χ0v) is 9.41. The molecule has 0 saturated heterocycles. The molecular formula is C11H8N3O5-. The molecule has 0 unspecified atom stereocenters. The fourth-order valence-corrected chi connectivity index (χ4v) is 1.48. The average Bonchev–Trinajstić information content (AvgIpc) is 2.34. The van der Waals surface area contributed by atoms with Crippen LogP contribution in [0.2, 0.25) is 0 Å². The van der Waals surface area contributed by atoms with Crippen molar-refractivity contribution in [2.24, 2.45) is 0 Å². The Kier molecular flexibility index (Phi) is 3.06. The number of hydrogen-bond acceptors (Lipinski definition) is 5. The van der Waals surface area contributed by atoms with Crippen LogP contribution in [0.1, 0.15) is 5.56 Å². The summed E-state index contributed by atoms with van der Waals surface area (Å²) in [6.07, 6.45) is 6.67. The number of aromatic nitrogens is 2. The van der Waals surface area contributed by atoms with Crippen molar-refractivity contribution >= 4 is 11.8 Å². The molecule has 0 aliphatic heterocycles. The van der Waals surface area contributed by atoms with E-state index >= 15 is 0 Å². The second-order valence-electron chi connectivity index (χ2n) is 3.66. The molecule has 1 aromatic heterocycles. The third kappa shape index (κ3) is 2.63. The number of rotatable bonds is 1. The fraction of sp³-hybridized carbons (Fsp3) is 0. The largest absolute Gasteiger partial charge is 0.612 e. The van der Waals surface area contributed by atoms with Gasteiger partial charge in [0.2, 0.25) is 11.6 Å². The maximum Gasteiger partial charge on any atom is 0.328 e. The lowest BCUT2D eigenvalue weighted by molar-refractivity contribution is -0.377. The minimum atomic E-state index is -0.816. The van der Waals surface area contributed by atoms with Crippen LogP contribution >= 0.6 is 0 Å². The highest BCUT2D eigenvalue weighted by Gasteiger charge is 2.08. The molecule has 98 valence electrons. The molecule has 8 heteroatoms. The van der Waals surface area contributed by atoms with Crippen LogP contribution in [0.15, 0.2) is 39.5 Å². The second-order valence-corrected chi connectivity index (χ2v) is 3.66. The van der Waals surface area contributed by atoms with E-state index in [2.05, 4.69) is 0 Å². The van der Waals surface area contributed by atoms with Gasteiger partial charge in [-0.1, -0.05) is 0 Å². The summed E-state index contributed by atoms with van der Waals surface area (Å²) in [5.41, 5.74) is -1.31. The number of allylic oxidation sites excluding steroid dienone is 5. The molecule has 3 N–H and O–H groups in total. The Morgan fingerprint density at radius 2 is 1.74 bits per heavy atom. The molecule has 2 rings (SSSR count). The van der Waals surface area contributed by atoms with E-state index < -0.39 is 22.0 Å². The molecule has 0 fully saturated rings. The van der Waals surface area contributed by atoms with Crippen LogP contribution < -0.4 is 11.2 Å². The summed E-state index contributed by atoms with van der Waals surface area (Å²) in [5, 5.41) is 30.4. The van der Waals surface area contributed by atoms with Crippen molar-refractivity contribution in [3.8, 4) is 5.88 Å². The van der Waals surface area contributed by atoms with Gasteiger partial charge in [0, 0.05) is 12.2 Å². The van der Waals surface area contributed by atoms with E-state index in [0.29, 0.717) is 5.57 Å². The Morgan fingerprint density at radius 1 is 1.11 bits per heavy atom. The number of aromatic hydroxyl groups is 1. The molecule has 1 aliphatic carbocycles. The summed E-state index contributed by atoms with van der Waals surface area (Å²) < 4.78 is 0. The predicted octanol–water partition coefficient (Wildman–Crippen LogP) is -0.273. The van der Waals surface area contributed by atoms with Crippen LogP contribution in [-0.2, 0) is 0 Å². The molecule has 0 atom stereocenters. The van der Waals surface area contributed by atoms with Crippen molar-refractivity contribution in [2.75, 3.05) is 0 Å². The summed E-state index contributed by atoms with van der Waals surface area (Å²) >= 11 is 0. The van der Waals surface area contributed by atoms with Crippen molar-refractivity contribution in [1.82, 2.24) is 9.97 Å². The molecule has 0 bridgehead atoms. The van der Waals surface area contributed by atoms with Crippen LogP contribution in [0.25, 0.3) is 6.08 Å². The van der Waals surface area contributed by atoms with Gasteiger partial charge < -0.3 is 15.5 Å². The Balaban J connectivity index is 2.44. The first-order valence-electron chi connectivity index (χ1n) is 5.12. The first kappa shape index (κ1) is 12.4. The fourth-order valence-electron chi connectivity index (χ4n) is 1.48. The first-order valence-corrected chi connectivity index (χ1v) is 5.12. The van der Waals surface area contributed by atoms with Crippen molar-refractivity contribution in [3.63, 3.8) is 0 Å². The standard InChI is InChI=1S/C11H8N3O5/c15-9-8(10(16)13-11(17)12-9)5-6-1-3-7(4-2-6)14(18)19/h1-5H,(H3-,12,13,15,16,17,18,19)/q-1. The summed E-state index contributed by atoms with van der Waals surface area (Å²) in [5.74, 6) is -0.563. The van der Waals surface area contributed by atoms with Gasteiger partial charge in [-0.25, -0.2) is 4.79 Å². The van der Waals surface area contributed by atoms with Gasteiger partial charge in [-0.05, 0) is 23.8 Å². The number of hydrogen-bond donors (Lipinski definition) is 3. The predicted molar refractivity (Wildman–Crippen MR) is 67.6 cm³/mol. The zero-order chi connectivity index (χ0) is 14.0. The molecule has 1 heterocycles. The van der Waals surface area contributed by atoms with E-state index in [1.165, 1.54) is 30.4 Å². The lowest BCUT2D eigenvalue weighted by Gasteiger charge is -2.08. The van der Waals surface area contributed by atoms with Gasteiger partial charge in [0.1, 0.15) is 5.56 Å². The van der Waals surface area contributed by atoms with Crippen LogP contribution in [0.3, 0.4) is 0 Å². The highest BCUT2D eigenvalue weighted by Crippen LogP contribution is 2.14. The molecule has 0 amide bonds. The summed E-state index contributed by atoms with van der Waals surface area (Å²) in [7, 11) is 0. The Morgan fingerprint density at radius 3 is 2.26 bits per heavy atom. The van der Waals surface area contributed by atoms with Gasteiger partial charge in [0.05, 0.1) is 0 Å². The smallest absolute Gasteiger partial charge is 0.328 e. The van der Waals surface area contributed by atoms with Crippen molar-refractivity contribution in [1.29, 1.82) is 0 Å². The SMILES string of the molecule is O=c1[nH]c(O)c(C=C2C=CC(=[N+]([O-])[O-])C=C2)c(=O)[nH]1. The average molecular weight is 262 g/mol. The Bertz CT molecular complexity index is 726. The summed E-state index contributed by atoms with van der Waals surface area (Å²) in [4.78, 5) is 25.8. The molecular weight excluding hydrogens is 254 g/mol. The minimum absolute atomic E-state index is 0.0863. The van der Waals surface area contributed by atoms with E-state index in [-0.39, 0.29) is 11.3 Å². The molecule has 1 aliphatic rings. The van der Waals surface area contributed by atoms with Gasteiger partial charge in [-0.3, -0.25) is 14.8 Å². The highest BCUT2D eigenvalue weighted by molar-refractivity contribution is 6.02. The van der Waals surface area contributed by atoms with E-state index in [1.807, 2.05) is 9.97 Å². The van der Waals surface area contributed by atoms with Gasteiger partial charge in [-0.15, -0.1) is 0 Å². The maximum absolute atomic E-state index is 11.5. The normalized spacial score (nSPS) is 13.7. The van der Waals surface area contributed by atoms with E-state index in [0.717, 1.165) is 0 Å². The van der Waals surface area contributed by atoms with Crippen molar-refractivity contribution < 1.29 is 10.0 Å². The van der Waals surface area contributed by atoms with Gasteiger partial charge in [0.15, 0.2) is 0 Å². The summed E-state index contributed by atoms with van der Waals surface area (Å²) in [6, 6.07) is 0. The van der Waals surface area contributed by atoms with Crippen molar-refractivity contribution in [3.05, 3.63) is 66.7 Å². The van der Waals surface area contributed by atoms with Crippen LogP contribution in [-0.4, -0.2) is 25.7 Å². The van der Waals surface area contributed by atoms with Gasteiger partial charge >= 0.3 is 5.69 Å². The first-order chi connectivity index (χ1) is 8.97. The second kappa shape index (κ2) is 4.69. The number of nitrogens with one attached hydrogen (secondary N) is 2. The molecule has 0 aromatic carbocycles.